The highest BCUT2D eigenvalue weighted by atomic mass is 35.5. The minimum Gasteiger partial charge on any atom is -0.308 e. The Morgan fingerprint density at radius 3 is 2.26 bits per heavy atom. The summed E-state index contributed by atoms with van der Waals surface area (Å²) < 4.78 is 26.3. The lowest BCUT2D eigenvalue weighted by molar-refractivity contribution is 0.176. The van der Waals surface area contributed by atoms with Gasteiger partial charge in [-0.15, -0.1) is 11.6 Å². The Morgan fingerprint density at radius 2 is 1.79 bits per heavy atom. The number of sulfonamides is 1. The van der Waals surface area contributed by atoms with Crippen molar-refractivity contribution >= 4 is 21.6 Å². The maximum Gasteiger partial charge on any atom is 0.215 e. The van der Waals surface area contributed by atoms with Crippen molar-refractivity contribution in [1.29, 1.82) is 0 Å². The molecule has 0 radical (unpaired) electrons. The Kier molecular flexibility index (Phi) is 7.04. The minimum absolute atomic E-state index is 0.0360. The van der Waals surface area contributed by atoms with Crippen LogP contribution in [-0.2, 0) is 10.0 Å². The second-order valence-corrected chi connectivity index (χ2v) is 7.87. The molecular formula is C12H26ClN3O2S. The fourth-order valence-corrected chi connectivity index (χ4v) is 4.38. The number of hydrogen-bond acceptors (Lipinski definition) is 4. The van der Waals surface area contributed by atoms with Gasteiger partial charge in [-0.05, 0) is 47.1 Å². The molecule has 0 aliphatic carbocycles. The molecule has 1 fully saturated rings. The second kappa shape index (κ2) is 7.78. The van der Waals surface area contributed by atoms with Gasteiger partial charge < -0.3 is 9.80 Å². The molecule has 0 aromatic rings. The molecule has 1 aliphatic rings. The molecule has 1 saturated heterocycles. The van der Waals surface area contributed by atoms with Gasteiger partial charge >= 0.3 is 0 Å². The van der Waals surface area contributed by atoms with Crippen LogP contribution in [0, 0.1) is 0 Å². The topological polar surface area (TPSA) is 43.9 Å². The predicted octanol–water partition coefficient (Wildman–Crippen LogP) is 0.513. The first-order chi connectivity index (χ1) is 8.86. The van der Waals surface area contributed by atoms with Crippen LogP contribution in [0.1, 0.15) is 12.8 Å². The smallest absolute Gasteiger partial charge is 0.215 e. The summed E-state index contributed by atoms with van der Waals surface area (Å²) in [5, 5.41) is 0. The highest BCUT2D eigenvalue weighted by Crippen LogP contribution is 2.19. The Balaban J connectivity index is 2.74. The van der Waals surface area contributed by atoms with Gasteiger partial charge in [-0.25, -0.2) is 8.42 Å². The first kappa shape index (κ1) is 17.2. The number of likely N-dealkylation sites (N-methyl/N-ethyl adjacent to an activating group) is 1. The molecule has 0 amide bonds. The maximum atomic E-state index is 12.3. The number of hydrogen-bond donors (Lipinski definition) is 0. The summed E-state index contributed by atoms with van der Waals surface area (Å²) in [6, 6.07) is 0.129. The van der Waals surface area contributed by atoms with Gasteiger partial charge in [0, 0.05) is 25.0 Å². The predicted molar refractivity (Wildman–Crippen MR) is 80.3 cm³/mol. The normalized spacial score (nSPS) is 19.5. The Hall–Kier alpha value is 0.120. The van der Waals surface area contributed by atoms with E-state index < -0.39 is 10.0 Å². The fraction of sp³-hybridized carbons (Fsp3) is 1.00. The van der Waals surface area contributed by atoms with Crippen LogP contribution in [0.15, 0.2) is 0 Å². The van der Waals surface area contributed by atoms with Gasteiger partial charge in [0.05, 0.1) is 5.75 Å². The number of rotatable bonds is 7. The van der Waals surface area contributed by atoms with E-state index in [0.29, 0.717) is 6.54 Å². The summed E-state index contributed by atoms with van der Waals surface area (Å²) in [7, 11) is 2.77. The number of alkyl halides is 1. The highest BCUT2D eigenvalue weighted by molar-refractivity contribution is 7.89. The Morgan fingerprint density at radius 1 is 1.21 bits per heavy atom. The first-order valence-corrected chi connectivity index (χ1v) is 8.90. The fourth-order valence-electron chi connectivity index (χ4n) is 2.35. The molecule has 0 aromatic heterocycles. The van der Waals surface area contributed by atoms with Gasteiger partial charge in [0.15, 0.2) is 0 Å². The molecule has 0 bridgehead atoms. The molecule has 1 rings (SSSR count). The second-order valence-electron chi connectivity index (χ2n) is 5.45. The van der Waals surface area contributed by atoms with E-state index in [1.165, 1.54) is 0 Å². The average molecular weight is 312 g/mol. The van der Waals surface area contributed by atoms with Crippen molar-refractivity contribution in [2.45, 2.75) is 18.9 Å². The van der Waals surface area contributed by atoms with Crippen LogP contribution in [0.5, 0.6) is 0 Å². The summed E-state index contributed by atoms with van der Waals surface area (Å²) in [5.74, 6) is 0.196. The standard InChI is InChI=1S/C12H26ClN3O2S/c1-14(2)9-10-16(19(17,18)11-6-13)12-4-7-15(3)8-5-12/h12H,4-11H2,1-3H3. The molecule has 5 nitrogen and oxygen atoms in total. The van der Waals surface area contributed by atoms with Crippen LogP contribution in [0.25, 0.3) is 0 Å². The summed E-state index contributed by atoms with van der Waals surface area (Å²) in [6.07, 6.45) is 1.82. The summed E-state index contributed by atoms with van der Waals surface area (Å²) in [5.41, 5.74) is 0. The van der Waals surface area contributed by atoms with Crippen molar-refractivity contribution in [1.82, 2.24) is 14.1 Å². The average Bonchev–Trinajstić information content (AvgIpc) is 2.31. The monoisotopic (exact) mass is 311 g/mol. The van der Waals surface area contributed by atoms with Crippen molar-refractivity contribution in [3.63, 3.8) is 0 Å². The Labute approximate surface area is 122 Å². The van der Waals surface area contributed by atoms with Crippen molar-refractivity contribution in [2.75, 3.05) is 59.0 Å². The van der Waals surface area contributed by atoms with E-state index in [-0.39, 0.29) is 17.7 Å². The van der Waals surface area contributed by atoms with Gasteiger partial charge in [-0.2, -0.15) is 4.31 Å². The van der Waals surface area contributed by atoms with Crippen molar-refractivity contribution < 1.29 is 8.42 Å². The molecule has 0 unspecified atom stereocenters. The van der Waals surface area contributed by atoms with Gasteiger partial charge in [0.25, 0.3) is 0 Å². The number of piperidine rings is 1. The van der Waals surface area contributed by atoms with Crippen LogP contribution in [0.4, 0.5) is 0 Å². The third-order valence-electron chi connectivity index (χ3n) is 3.56. The van der Waals surface area contributed by atoms with E-state index >= 15 is 0 Å². The number of likely N-dealkylation sites (tertiary alicyclic amines) is 1. The zero-order valence-corrected chi connectivity index (χ0v) is 13.8. The lowest BCUT2D eigenvalue weighted by Gasteiger charge is -2.36. The van der Waals surface area contributed by atoms with E-state index in [4.69, 9.17) is 11.6 Å². The largest absolute Gasteiger partial charge is 0.308 e. The molecule has 1 aliphatic heterocycles. The highest BCUT2D eigenvalue weighted by Gasteiger charge is 2.31. The van der Waals surface area contributed by atoms with Gasteiger partial charge in [0.1, 0.15) is 0 Å². The third-order valence-corrected chi connectivity index (χ3v) is 5.88. The lowest BCUT2D eigenvalue weighted by atomic mass is 10.1. The zero-order chi connectivity index (χ0) is 14.5. The summed E-state index contributed by atoms with van der Waals surface area (Å²) in [4.78, 5) is 4.26. The molecule has 0 spiro atoms. The summed E-state index contributed by atoms with van der Waals surface area (Å²) >= 11 is 5.63. The van der Waals surface area contributed by atoms with Crippen LogP contribution < -0.4 is 0 Å². The van der Waals surface area contributed by atoms with Gasteiger partial charge in [-0.3, -0.25) is 0 Å². The van der Waals surface area contributed by atoms with Crippen LogP contribution in [0.3, 0.4) is 0 Å². The van der Waals surface area contributed by atoms with E-state index in [1.807, 2.05) is 19.0 Å². The van der Waals surface area contributed by atoms with E-state index in [2.05, 4.69) is 11.9 Å². The van der Waals surface area contributed by atoms with Crippen molar-refractivity contribution in [3.8, 4) is 0 Å². The molecule has 1 heterocycles. The van der Waals surface area contributed by atoms with Crippen LogP contribution >= 0.6 is 11.6 Å². The molecule has 0 N–H and O–H groups in total. The lowest BCUT2D eigenvalue weighted by Crippen LogP contribution is -2.49. The maximum absolute atomic E-state index is 12.3. The molecular weight excluding hydrogens is 286 g/mol. The molecule has 7 heteroatoms. The zero-order valence-electron chi connectivity index (χ0n) is 12.2. The SMILES string of the molecule is CN(C)CCN(C1CCN(C)CC1)S(=O)(=O)CCCl. The number of halogens is 1. The van der Waals surface area contributed by atoms with Crippen molar-refractivity contribution in [3.05, 3.63) is 0 Å². The van der Waals surface area contributed by atoms with E-state index in [0.717, 1.165) is 32.5 Å². The van der Waals surface area contributed by atoms with Gasteiger partial charge in [-0.1, -0.05) is 0 Å². The summed E-state index contributed by atoms with van der Waals surface area (Å²) in [6.45, 7) is 3.22. The molecule has 19 heavy (non-hydrogen) atoms. The van der Waals surface area contributed by atoms with E-state index in [9.17, 15) is 8.42 Å². The molecule has 0 atom stereocenters. The number of nitrogens with zero attached hydrogens (tertiary/aromatic N) is 3. The minimum atomic E-state index is -3.23. The molecule has 0 aromatic carbocycles. The van der Waals surface area contributed by atoms with Crippen LogP contribution in [0.2, 0.25) is 0 Å². The third kappa shape index (κ3) is 5.55. The molecule has 114 valence electrons. The Bertz CT molecular complexity index is 354. The van der Waals surface area contributed by atoms with Crippen molar-refractivity contribution in [2.24, 2.45) is 0 Å². The van der Waals surface area contributed by atoms with Crippen LogP contribution in [-0.4, -0.2) is 87.5 Å². The van der Waals surface area contributed by atoms with E-state index in [1.54, 1.807) is 4.31 Å². The quantitative estimate of drug-likeness (QED) is 0.643. The molecule has 0 saturated carbocycles. The first-order valence-electron chi connectivity index (χ1n) is 6.75. The van der Waals surface area contributed by atoms with Gasteiger partial charge in [0.2, 0.25) is 10.0 Å².